The molecule has 1 fully saturated rings. The molecule has 0 bridgehead atoms. The third-order valence-electron chi connectivity index (χ3n) is 4.77. The van der Waals surface area contributed by atoms with Crippen LogP contribution in [-0.4, -0.2) is 61.6 Å². The molecule has 28 heavy (non-hydrogen) atoms. The number of carbonyl (C=O) groups excluding carboxylic acids is 1. The summed E-state index contributed by atoms with van der Waals surface area (Å²) in [5.41, 5.74) is 0. The molecule has 0 unspecified atom stereocenters. The van der Waals surface area contributed by atoms with E-state index in [-0.39, 0.29) is 17.5 Å². The van der Waals surface area contributed by atoms with Gasteiger partial charge in [-0.1, -0.05) is 30.3 Å². The first-order chi connectivity index (χ1) is 13.7. The van der Waals surface area contributed by atoms with Gasteiger partial charge < -0.3 is 14.4 Å². The van der Waals surface area contributed by atoms with E-state index >= 15 is 0 Å². The number of para-hydroxylation sites is 2. The Hall–Kier alpha value is -2.60. The molecule has 0 saturated carbocycles. The Morgan fingerprint density at radius 2 is 1.61 bits per heavy atom. The minimum Gasteiger partial charge on any atom is -0.494 e. The van der Waals surface area contributed by atoms with Gasteiger partial charge in [0.25, 0.3) is 0 Å². The van der Waals surface area contributed by atoms with E-state index < -0.39 is 0 Å². The molecule has 3 rings (SSSR count). The number of hydrogen-bond acceptors (Lipinski definition) is 4. The molecule has 1 amide bonds. The van der Waals surface area contributed by atoms with E-state index in [1.54, 1.807) is 18.2 Å². The van der Waals surface area contributed by atoms with E-state index in [0.29, 0.717) is 26.1 Å². The lowest BCUT2D eigenvalue weighted by atomic mass is 10.2. The van der Waals surface area contributed by atoms with E-state index in [2.05, 4.69) is 4.90 Å². The van der Waals surface area contributed by atoms with Crippen LogP contribution < -0.4 is 9.47 Å². The third-order valence-corrected chi connectivity index (χ3v) is 4.77. The first kappa shape index (κ1) is 20.1. The summed E-state index contributed by atoms with van der Waals surface area (Å²) in [6.45, 7) is 4.77. The Morgan fingerprint density at radius 3 is 2.36 bits per heavy atom. The van der Waals surface area contributed by atoms with Crippen molar-refractivity contribution in [3.63, 3.8) is 0 Å². The average molecular weight is 386 g/mol. The summed E-state index contributed by atoms with van der Waals surface area (Å²) in [7, 11) is 0. The van der Waals surface area contributed by atoms with Gasteiger partial charge in [-0.05, 0) is 30.7 Å². The Kier molecular flexibility index (Phi) is 7.67. The van der Waals surface area contributed by atoms with Crippen molar-refractivity contribution in [2.45, 2.75) is 12.8 Å². The van der Waals surface area contributed by atoms with Gasteiger partial charge >= 0.3 is 0 Å². The molecule has 0 aliphatic carbocycles. The lowest BCUT2D eigenvalue weighted by Crippen LogP contribution is -2.49. The van der Waals surface area contributed by atoms with Crippen molar-refractivity contribution in [3.05, 3.63) is 60.4 Å². The van der Waals surface area contributed by atoms with E-state index in [4.69, 9.17) is 9.47 Å². The minimum atomic E-state index is -0.339. The standard InChI is InChI=1S/C22H27FN2O3/c23-20-9-4-5-10-21(20)28-18-16-24-12-14-25(15-13-24)22(26)11-6-17-27-19-7-2-1-3-8-19/h1-5,7-10H,6,11-18H2. The maximum Gasteiger partial charge on any atom is 0.222 e. The molecule has 5 nitrogen and oxygen atoms in total. The molecule has 0 aromatic heterocycles. The van der Waals surface area contributed by atoms with Crippen LogP contribution in [0.25, 0.3) is 0 Å². The molecule has 0 radical (unpaired) electrons. The molecular formula is C22H27FN2O3. The highest BCUT2D eigenvalue weighted by atomic mass is 19.1. The number of amides is 1. The normalized spacial score (nSPS) is 14.7. The highest BCUT2D eigenvalue weighted by molar-refractivity contribution is 5.76. The smallest absolute Gasteiger partial charge is 0.222 e. The number of nitrogens with zero attached hydrogens (tertiary/aromatic N) is 2. The molecule has 0 spiro atoms. The Morgan fingerprint density at radius 1 is 0.893 bits per heavy atom. The van der Waals surface area contributed by atoms with Gasteiger partial charge in [0.05, 0.1) is 6.61 Å². The fourth-order valence-electron chi connectivity index (χ4n) is 3.16. The molecule has 6 heteroatoms. The van der Waals surface area contributed by atoms with Gasteiger partial charge in [0, 0.05) is 39.1 Å². The molecule has 0 N–H and O–H groups in total. The second-order valence-electron chi connectivity index (χ2n) is 6.77. The monoisotopic (exact) mass is 386 g/mol. The number of carbonyl (C=O) groups is 1. The van der Waals surface area contributed by atoms with E-state index in [0.717, 1.165) is 38.5 Å². The Bertz CT molecular complexity index is 734. The molecule has 2 aromatic carbocycles. The second-order valence-corrected chi connectivity index (χ2v) is 6.77. The summed E-state index contributed by atoms with van der Waals surface area (Å²) in [6.07, 6.45) is 1.22. The van der Waals surface area contributed by atoms with Crippen LogP contribution in [0.5, 0.6) is 11.5 Å². The van der Waals surface area contributed by atoms with E-state index in [1.165, 1.54) is 6.07 Å². The SMILES string of the molecule is O=C(CCCOc1ccccc1)N1CCN(CCOc2ccccc2F)CC1. The summed E-state index contributed by atoms with van der Waals surface area (Å²) < 4.78 is 24.7. The molecule has 150 valence electrons. The van der Waals surface area contributed by atoms with Crippen LogP contribution in [0.4, 0.5) is 4.39 Å². The van der Waals surface area contributed by atoms with Crippen molar-refractivity contribution >= 4 is 5.91 Å². The van der Waals surface area contributed by atoms with E-state index in [9.17, 15) is 9.18 Å². The zero-order chi connectivity index (χ0) is 19.6. The molecule has 1 aliphatic rings. The zero-order valence-electron chi connectivity index (χ0n) is 16.1. The third kappa shape index (κ3) is 6.23. The van der Waals surface area contributed by atoms with Gasteiger partial charge in [0.1, 0.15) is 12.4 Å². The fraction of sp³-hybridized carbons (Fsp3) is 0.409. The van der Waals surface area contributed by atoms with Crippen molar-refractivity contribution in [3.8, 4) is 11.5 Å². The predicted octanol–water partition coefficient (Wildman–Crippen LogP) is 3.21. The lowest BCUT2D eigenvalue weighted by molar-refractivity contribution is -0.133. The summed E-state index contributed by atoms with van der Waals surface area (Å²) in [6, 6.07) is 16.1. The maximum absolute atomic E-state index is 13.5. The van der Waals surface area contributed by atoms with Gasteiger partial charge in [-0.2, -0.15) is 0 Å². The molecule has 1 saturated heterocycles. The van der Waals surface area contributed by atoms with Crippen LogP contribution in [0.2, 0.25) is 0 Å². The van der Waals surface area contributed by atoms with Crippen molar-refractivity contribution in [2.24, 2.45) is 0 Å². The second kappa shape index (κ2) is 10.7. The lowest BCUT2D eigenvalue weighted by Gasteiger charge is -2.34. The molecule has 1 aliphatic heterocycles. The number of halogens is 1. The summed E-state index contributed by atoms with van der Waals surface area (Å²) in [5, 5.41) is 0. The van der Waals surface area contributed by atoms with Crippen LogP contribution in [0.15, 0.2) is 54.6 Å². The number of ether oxygens (including phenoxy) is 2. The highest BCUT2D eigenvalue weighted by Gasteiger charge is 2.20. The van der Waals surface area contributed by atoms with Gasteiger partial charge in [-0.25, -0.2) is 4.39 Å². The highest BCUT2D eigenvalue weighted by Crippen LogP contribution is 2.15. The van der Waals surface area contributed by atoms with Crippen LogP contribution in [0.3, 0.4) is 0 Å². The zero-order valence-corrected chi connectivity index (χ0v) is 16.1. The predicted molar refractivity (Wildman–Crippen MR) is 106 cm³/mol. The van der Waals surface area contributed by atoms with Gasteiger partial charge in [-0.15, -0.1) is 0 Å². The van der Waals surface area contributed by atoms with Crippen LogP contribution >= 0.6 is 0 Å². The van der Waals surface area contributed by atoms with Gasteiger partial charge in [-0.3, -0.25) is 9.69 Å². The quantitative estimate of drug-likeness (QED) is 0.621. The summed E-state index contributed by atoms with van der Waals surface area (Å²) in [4.78, 5) is 16.5. The first-order valence-electron chi connectivity index (χ1n) is 9.78. The number of rotatable bonds is 9. The number of piperazine rings is 1. The number of benzene rings is 2. The van der Waals surface area contributed by atoms with Gasteiger partial charge in [0.2, 0.25) is 5.91 Å². The maximum atomic E-state index is 13.5. The van der Waals surface area contributed by atoms with Crippen LogP contribution in [0.1, 0.15) is 12.8 Å². The van der Waals surface area contributed by atoms with Crippen molar-refractivity contribution in [2.75, 3.05) is 45.9 Å². The van der Waals surface area contributed by atoms with Crippen molar-refractivity contribution in [1.29, 1.82) is 0 Å². The van der Waals surface area contributed by atoms with Crippen molar-refractivity contribution in [1.82, 2.24) is 9.80 Å². The number of hydrogen-bond donors (Lipinski definition) is 0. The Labute approximate surface area is 165 Å². The molecule has 0 atom stereocenters. The fourth-order valence-corrected chi connectivity index (χ4v) is 3.16. The largest absolute Gasteiger partial charge is 0.494 e. The topological polar surface area (TPSA) is 42.0 Å². The first-order valence-corrected chi connectivity index (χ1v) is 9.78. The minimum absolute atomic E-state index is 0.180. The average Bonchev–Trinajstić information content (AvgIpc) is 2.74. The van der Waals surface area contributed by atoms with Crippen molar-refractivity contribution < 1.29 is 18.7 Å². The van der Waals surface area contributed by atoms with Gasteiger partial charge in [0.15, 0.2) is 11.6 Å². The molecular weight excluding hydrogens is 359 g/mol. The Balaban J connectivity index is 1.28. The molecule has 1 heterocycles. The molecule has 2 aromatic rings. The van der Waals surface area contributed by atoms with E-state index in [1.807, 2.05) is 35.2 Å². The van der Waals surface area contributed by atoms with Crippen LogP contribution in [-0.2, 0) is 4.79 Å². The van der Waals surface area contributed by atoms with Crippen LogP contribution in [0, 0.1) is 5.82 Å². The summed E-state index contributed by atoms with van der Waals surface area (Å²) >= 11 is 0. The summed E-state index contributed by atoms with van der Waals surface area (Å²) in [5.74, 6) is 0.961.